The molecule has 1 fully saturated rings. The van der Waals surface area contributed by atoms with Crippen molar-refractivity contribution in [2.24, 2.45) is 5.10 Å². The summed E-state index contributed by atoms with van der Waals surface area (Å²) in [6.45, 7) is 3.11. The number of amides is 2. The van der Waals surface area contributed by atoms with Crippen LogP contribution < -0.4 is 4.90 Å². The highest BCUT2D eigenvalue weighted by Crippen LogP contribution is 2.31. The molecule has 2 aliphatic heterocycles. The van der Waals surface area contributed by atoms with E-state index in [-0.39, 0.29) is 29.2 Å². The Kier molecular flexibility index (Phi) is 6.19. The fourth-order valence-electron chi connectivity index (χ4n) is 4.40. The minimum Gasteiger partial charge on any atom is -0.337 e. The molecule has 0 saturated carbocycles. The molecule has 2 aliphatic rings. The number of hydrogen-bond donors (Lipinski definition) is 0. The number of carbonyl (C=O) groups is 1. The number of hydrazone groups is 1. The van der Waals surface area contributed by atoms with Gasteiger partial charge in [-0.1, -0.05) is 0 Å². The molecule has 0 aliphatic carbocycles. The zero-order valence-electron chi connectivity index (χ0n) is 19.7. The van der Waals surface area contributed by atoms with Crippen molar-refractivity contribution in [3.05, 3.63) is 64.9 Å². The molecule has 0 N–H and O–H groups in total. The Labute approximate surface area is 210 Å². The Morgan fingerprint density at radius 3 is 2.59 bits per heavy atom. The summed E-state index contributed by atoms with van der Waals surface area (Å²) in [6, 6.07) is 7.01. The van der Waals surface area contributed by atoms with E-state index in [0.29, 0.717) is 43.9 Å². The third-order valence-electron chi connectivity index (χ3n) is 6.16. The predicted molar refractivity (Wildman–Crippen MR) is 127 cm³/mol. The monoisotopic (exact) mass is 502 g/mol. The molecule has 3 aromatic rings. The van der Waals surface area contributed by atoms with Gasteiger partial charge in [0.05, 0.1) is 29.6 Å². The number of piperazine rings is 1. The number of imidazole rings is 1. The van der Waals surface area contributed by atoms with Crippen LogP contribution in [0, 0.1) is 41.2 Å². The van der Waals surface area contributed by atoms with Crippen molar-refractivity contribution < 1.29 is 13.6 Å². The van der Waals surface area contributed by atoms with Crippen LogP contribution in [-0.4, -0.2) is 67.9 Å². The summed E-state index contributed by atoms with van der Waals surface area (Å²) in [5.41, 5.74) is 1.22. The second-order valence-electron chi connectivity index (χ2n) is 8.57. The van der Waals surface area contributed by atoms with Gasteiger partial charge < -0.3 is 9.80 Å². The fraction of sp³-hybridized carbons (Fsp3) is 0.292. The normalized spacial score (nSPS) is 17.1. The fourth-order valence-corrected chi connectivity index (χ4v) is 4.40. The average Bonchev–Trinajstić information content (AvgIpc) is 3.55. The molecule has 11 nitrogen and oxygen atoms in total. The highest BCUT2D eigenvalue weighted by molar-refractivity contribution is 5.78. The molecule has 0 radical (unpaired) electrons. The summed E-state index contributed by atoms with van der Waals surface area (Å²) in [4.78, 5) is 29.2. The Hall–Kier alpha value is -4.91. The molecular weight excluding hydrogens is 482 g/mol. The average molecular weight is 502 g/mol. The van der Waals surface area contributed by atoms with Crippen LogP contribution in [0.3, 0.4) is 0 Å². The first-order valence-electron chi connectivity index (χ1n) is 11.4. The van der Waals surface area contributed by atoms with Crippen molar-refractivity contribution >= 4 is 18.2 Å². The molecule has 13 heteroatoms. The number of nitriles is 2. The van der Waals surface area contributed by atoms with E-state index >= 15 is 0 Å². The Balaban J connectivity index is 1.29. The van der Waals surface area contributed by atoms with E-state index in [1.54, 1.807) is 24.1 Å². The van der Waals surface area contributed by atoms with Crippen molar-refractivity contribution in [3.8, 4) is 18.0 Å². The van der Waals surface area contributed by atoms with Crippen LogP contribution in [0.15, 0.2) is 35.7 Å². The standard InChI is InChI=1S/C24H20F2N10O/c1-15-14-35(21(12-28)31-15)22-19(26)13-29-23(32-22)33-4-6-34(7-5-33)24(37)36-20(2-3-30-36)17-8-16(11-27)9-18(25)10-17/h3,8-10,13-14,20H,2,4-7H2,1H3. The third-order valence-corrected chi connectivity index (χ3v) is 6.16. The van der Waals surface area contributed by atoms with Crippen molar-refractivity contribution in [2.75, 3.05) is 31.1 Å². The number of urea groups is 1. The maximum Gasteiger partial charge on any atom is 0.341 e. The van der Waals surface area contributed by atoms with Gasteiger partial charge in [-0.2, -0.15) is 20.6 Å². The lowest BCUT2D eigenvalue weighted by Crippen LogP contribution is -2.52. The van der Waals surface area contributed by atoms with Crippen LogP contribution in [0.25, 0.3) is 5.82 Å². The number of benzene rings is 1. The number of rotatable bonds is 3. The Morgan fingerprint density at radius 1 is 1.08 bits per heavy atom. The van der Waals surface area contributed by atoms with Gasteiger partial charge in [0, 0.05) is 45.0 Å². The number of aryl methyl sites for hydroxylation is 1. The zero-order chi connectivity index (χ0) is 26.1. The van der Waals surface area contributed by atoms with E-state index in [1.807, 2.05) is 17.0 Å². The molecule has 5 rings (SSSR count). The van der Waals surface area contributed by atoms with Crippen molar-refractivity contribution in [3.63, 3.8) is 0 Å². The van der Waals surface area contributed by atoms with Gasteiger partial charge >= 0.3 is 6.03 Å². The highest BCUT2D eigenvalue weighted by Gasteiger charge is 2.34. The van der Waals surface area contributed by atoms with Gasteiger partial charge in [-0.25, -0.2) is 28.6 Å². The summed E-state index contributed by atoms with van der Waals surface area (Å²) in [5, 5.41) is 24.0. The predicted octanol–water partition coefficient (Wildman–Crippen LogP) is 2.67. The topological polar surface area (TPSA) is 130 Å². The zero-order valence-corrected chi connectivity index (χ0v) is 19.7. The minimum atomic E-state index is -0.693. The molecule has 1 atom stereocenters. The van der Waals surface area contributed by atoms with Crippen molar-refractivity contribution in [1.29, 1.82) is 10.5 Å². The molecule has 4 heterocycles. The van der Waals surface area contributed by atoms with Gasteiger partial charge in [0.15, 0.2) is 11.6 Å². The summed E-state index contributed by atoms with van der Waals surface area (Å²) >= 11 is 0. The van der Waals surface area contributed by atoms with Crippen molar-refractivity contribution in [1.82, 2.24) is 29.4 Å². The number of halogens is 2. The van der Waals surface area contributed by atoms with Crippen LogP contribution in [0.1, 0.15) is 35.1 Å². The van der Waals surface area contributed by atoms with E-state index in [1.165, 1.54) is 21.8 Å². The largest absolute Gasteiger partial charge is 0.341 e. The number of hydrogen-bond acceptors (Lipinski definition) is 8. The summed E-state index contributed by atoms with van der Waals surface area (Å²) in [6.07, 6.45) is 4.57. The van der Waals surface area contributed by atoms with Gasteiger partial charge in [-0.3, -0.25) is 4.57 Å². The molecule has 2 amide bonds. The quantitative estimate of drug-likeness (QED) is 0.538. The molecule has 1 aromatic carbocycles. The van der Waals surface area contributed by atoms with Gasteiger partial charge in [0.1, 0.15) is 11.9 Å². The first-order valence-corrected chi connectivity index (χ1v) is 11.4. The van der Waals surface area contributed by atoms with Gasteiger partial charge in [-0.05, 0) is 30.7 Å². The number of nitrogens with zero attached hydrogens (tertiary/aromatic N) is 10. The van der Waals surface area contributed by atoms with E-state index < -0.39 is 17.7 Å². The SMILES string of the molecule is Cc1cn(-c2nc(N3CCN(C(=O)N4N=CCC4c4cc(F)cc(C#N)c4)CC3)ncc2F)c(C#N)n1. The lowest BCUT2D eigenvalue weighted by Gasteiger charge is -2.37. The Bertz CT molecular complexity index is 1480. The minimum absolute atomic E-state index is 0.0115. The van der Waals surface area contributed by atoms with E-state index in [4.69, 9.17) is 5.26 Å². The van der Waals surface area contributed by atoms with Crippen LogP contribution in [0.5, 0.6) is 0 Å². The van der Waals surface area contributed by atoms with Gasteiger partial charge in [-0.15, -0.1) is 0 Å². The number of aromatic nitrogens is 4. The molecular formula is C24H20F2N10O. The summed E-state index contributed by atoms with van der Waals surface area (Å²) < 4.78 is 29.8. The molecule has 0 spiro atoms. The van der Waals surface area contributed by atoms with Crippen LogP contribution in [0.4, 0.5) is 19.5 Å². The molecule has 1 unspecified atom stereocenters. The second kappa shape index (κ2) is 9.62. The number of anilines is 1. The molecule has 2 aromatic heterocycles. The van der Waals surface area contributed by atoms with E-state index in [2.05, 4.69) is 20.1 Å². The van der Waals surface area contributed by atoms with Gasteiger partial charge in [0.2, 0.25) is 11.8 Å². The van der Waals surface area contributed by atoms with Crippen LogP contribution in [0.2, 0.25) is 0 Å². The summed E-state index contributed by atoms with van der Waals surface area (Å²) in [7, 11) is 0. The van der Waals surface area contributed by atoms with E-state index in [0.717, 1.165) is 12.3 Å². The van der Waals surface area contributed by atoms with Crippen LogP contribution >= 0.6 is 0 Å². The Morgan fingerprint density at radius 2 is 1.86 bits per heavy atom. The lowest BCUT2D eigenvalue weighted by atomic mass is 10.0. The highest BCUT2D eigenvalue weighted by atomic mass is 19.1. The smallest absolute Gasteiger partial charge is 0.337 e. The molecule has 0 bridgehead atoms. The number of carbonyl (C=O) groups excluding carboxylic acids is 1. The third kappa shape index (κ3) is 4.54. The van der Waals surface area contributed by atoms with E-state index in [9.17, 15) is 18.8 Å². The maximum atomic E-state index is 14.5. The van der Waals surface area contributed by atoms with Crippen molar-refractivity contribution in [2.45, 2.75) is 19.4 Å². The first kappa shape index (κ1) is 23.8. The molecule has 1 saturated heterocycles. The van der Waals surface area contributed by atoms with Gasteiger partial charge in [0.25, 0.3) is 0 Å². The molecule has 37 heavy (non-hydrogen) atoms. The maximum absolute atomic E-state index is 14.5. The summed E-state index contributed by atoms with van der Waals surface area (Å²) in [5.74, 6) is -1.05. The van der Waals surface area contributed by atoms with Crippen LogP contribution in [-0.2, 0) is 0 Å². The molecule has 186 valence electrons. The first-order chi connectivity index (χ1) is 17.9. The second-order valence-corrected chi connectivity index (χ2v) is 8.57. The lowest BCUT2D eigenvalue weighted by molar-refractivity contribution is 0.139.